The van der Waals surface area contributed by atoms with Gasteiger partial charge in [0.2, 0.25) is 0 Å². The highest BCUT2D eigenvalue weighted by Crippen LogP contribution is 2.44. The number of Topliss-reactive ketones (excluding diaryl/α,β-unsaturated/α-hetero) is 1. The van der Waals surface area contributed by atoms with Gasteiger partial charge >= 0.3 is 5.97 Å². The van der Waals surface area contributed by atoms with Gasteiger partial charge in [-0.15, -0.1) is 0 Å². The summed E-state index contributed by atoms with van der Waals surface area (Å²) in [6.45, 7) is 0. The molecular formula is C18H16O3. The number of carbonyl (C=O) groups is 2. The van der Waals surface area contributed by atoms with Crippen molar-refractivity contribution in [1.82, 2.24) is 0 Å². The van der Waals surface area contributed by atoms with Gasteiger partial charge in [0.05, 0.1) is 12.3 Å². The Morgan fingerprint density at radius 2 is 2.05 bits per heavy atom. The van der Waals surface area contributed by atoms with Gasteiger partial charge in [0, 0.05) is 5.56 Å². The second kappa shape index (κ2) is 4.42. The fourth-order valence-corrected chi connectivity index (χ4v) is 4.00. The number of rotatable bonds is 2. The SMILES string of the molecule is O=C(O)CC1C(=O)c2cccc3cc4c(c1c23)CCCC4. The van der Waals surface area contributed by atoms with Crippen molar-refractivity contribution in [3.8, 4) is 0 Å². The van der Waals surface area contributed by atoms with Gasteiger partial charge in [-0.3, -0.25) is 9.59 Å². The number of carbonyl (C=O) groups excluding carboxylic acids is 1. The highest BCUT2D eigenvalue weighted by Gasteiger charge is 2.37. The molecule has 0 aliphatic heterocycles. The Kier molecular flexibility index (Phi) is 2.64. The maximum Gasteiger partial charge on any atom is 0.304 e. The molecule has 2 aliphatic carbocycles. The molecule has 4 rings (SSSR count). The first kappa shape index (κ1) is 12.6. The van der Waals surface area contributed by atoms with E-state index in [-0.39, 0.29) is 12.2 Å². The summed E-state index contributed by atoms with van der Waals surface area (Å²) < 4.78 is 0. The molecule has 1 N–H and O–H groups in total. The van der Waals surface area contributed by atoms with Crippen LogP contribution in [0.4, 0.5) is 0 Å². The molecule has 0 amide bonds. The van der Waals surface area contributed by atoms with E-state index in [1.165, 1.54) is 17.5 Å². The summed E-state index contributed by atoms with van der Waals surface area (Å²) in [4.78, 5) is 23.8. The maximum absolute atomic E-state index is 12.6. The summed E-state index contributed by atoms with van der Waals surface area (Å²) in [5, 5.41) is 11.3. The monoisotopic (exact) mass is 280 g/mol. The van der Waals surface area contributed by atoms with Crippen LogP contribution in [0.5, 0.6) is 0 Å². The zero-order chi connectivity index (χ0) is 14.6. The number of carboxylic acids is 1. The molecule has 0 saturated heterocycles. The van der Waals surface area contributed by atoms with E-state index in [0.29, 0.717) is 5.56 Å². The third-order valence-electron chi connectivity index (χ3n) is 4.84. The highest BCUT2D eigenvalue weighted by molar-refractivity contribution is 6.19. The van der Waals surface area contributed by atoms with Crippen LogP contribution in [0.1, 0.15) is 52.2 Å². The first-order chi connectivity index (χ1) is 10.2. The Morgan fingerprint density at radius 3 is 2.86 bits per heavy atom. The van der Waals surface area contributed by atoms with E-state index in [9.17, 15) is 14.7 Å². The fraction of sp³-hybridized carbons (Fsp3) is 0.333. The molecule has 2 aliphatic rings. The standard InChI is InChI=1S/C18H16O3/c19-15(20)9-14-17-12-6-2-1-4-10(12)8-11-5-3-7-13(16(11)17)18(14)21/h3,5,7-8,14H,1-2,4,6,9H2,(H,19,20). The van der Waals surface area contributed by atoms with Crippen LogP contribution >= 0.6 is 0 Å². The molecule has 21 heavy (non-hydrogen) atoms. The van der Waals surface area contributed by atoms with Crippen molar-refractivity contribution in [2.45, 2.75) is 38.0 Å². The molecule has 1 atom stereocenters. The van der Waals surface area contributed by atoms with Crippen LogP contribution in [-0.4, -0.2) is 16.9 Å². The van der Waals surface area contributed by atoms with E-state index < -0.39 is 11.9 Å². The van der Waals surface area contributed by atoms with Gasteiger partial charge in [-0.05, 0) is 53.1 Å². The van der Waals surface area contributed by atoms with E-state index >= 15 is 0 Å². The van der Waals surface area contributed by atoms with Crippen molar-refractivity contribution >= 4 is 22.5 Å². The van der Waals surface area contributed by atoms with Crippen LogP contribution in [0, 0.1) is 0 Å². The van der Waals surface area contributed by atoms with Crippen molar-refractivity contribution in [2.24, 2.45) is 0 Å². The number of benzene rings is 2. The number of hydrogen-bond donors (Lipinski definition) is 1. The van der Waals surface area contributed by atoms with Gasteiger partial charge in [-0.1, -0.05) is 24.3 Å². The minimum atomic E-state index is -0.900. The van der Waals surface area contributed by atoms with E-state index in [0.717, 1.165) is 35.6 Å². The topological polar surface area (TPSA) is 54.4 Å². The van der Waals surface area contributed by atoms with Crippen molar-refractivity contribution in [1.29, 1.82) is 0 Å². The van der Waals surface area contributed by atoms with E-state index in [1.54, 1.807) is 0 Å². The van der Waals surface area contributed by atoms with Crippen LogP contribution in [0.3, 0.4) is 0 Å². The van der Waals surface area contributed by atoms with Crippen LogP contribution in [0.2, 0.25) is 0 Å². The number of fused-ring (bicyclic) bond motifs is 2. The molecule has 0 aromatic heterocycles. The minimum absolute atomic E-state index is 0.0167. The lowest BCUT2D eigenvalue weighted by Gasteiger charge is -2.22. The van der Waals surface area contributed by atoms with Crippen LogP contribution in [-0.2, 0) is 17.6 Å². The lowest BCUT2D eigenvalue weighted by molar-refractivity contribution is -0.137. The molecular weight excluding hydrogens is 264 g/mol. The van der Waals surface area contributed by atoms with Gasteiger partial charge in [-0.25, -0.2) is 0 Å². The molecule has 3 heteroatoms. The molecule has 2 aromatic carbocycles. The summed E-state index contributed by atoms with van der Waals surface area (Å²) in [5.41, 5.74) is 4.29. The van der Waals surface area contributed by atoms with E-state index in [2.05, 4.69) is 6.07 Å². The Labute approximate surface area is 122 Å². The van der Waals surface area contributed by atoms with Gasteiger partial charge in [0.15, 0.2) is 5.78 Å². The summed E-state index contributed by atoms with van der Waals surface area (Å²) in [7, 11) is 0. The molecule has 0 spiro atoms. The average Bonchev–Trinajstić information content (AvgIpc) is 2.75. The van der Waals surface area contributed by atoms with Crippen molar-refractivity contribution in [2.75, 3.05) is 0 Å². The summed E-state index contributed by atoms with van der Waals surface area (Å²) in [5.74, 6) is -1.41. The van der Waals surface area contributed by atoms with Crippen LogP contribution < -0.4 is 0 Å². The summed E-state index contributed by atoms with van der Waals surface area (Å²) in [6, 6.07) is 7.98. The van der Waals surface area contributed by atoms with Crippen LogP contribution in [0.25, 0.3) is 10.8 Å². The highest BCUT2D eigenvalue weighted by atomic mass is 16.4. The number of ketones is 1. The maximum atomic E-state index is 12.6. The molecule has 3 nitrogen and oxygen atoms in total. The lowest BCUT2D eigenvalue weighted by Crippen LogP contribution is -2.15. The Morgan fingerprint density at radius 1 is 1.24 bits per heavy atom. The van der Waals surface area contributed by atoms with Crippen molar-refractivity contribution < 1.29 is 14.7 Å². The number of aliphatic carboxylic acids is 1. The quantitative estimate of drug-likeness (QED) is 0.916. The second-order valence-electron chi connectivity index (χ2n) is 6.05. The molecule has 0 heterocycles. The molecule has 1 unspecified atom stereocenters. The average molecular weight is 280 g/mol. The molecule has 0 fully saturated rings. The smallest absolute Gasteiger partial charge is 0.304 e. The van der Waals surface area contributed by atoms with Gasteiger partial charge in [0.1, 0.15) is 0 Å². The van der Waals surface area contributed by atoms with Crippen molar-refractivity contribution in [3.63, 3.8) is 0 Å². The lowest BCUT2D eigenvalue weighted by atomic mass is 9.82. The number of hydrogen-bond acceptors (Lipinski definition) is 2. The zero-order valence-corrected chi connectivity index (χ0v) is 11.7. The molecule has 106 valence electrons. The first-order valence-corrected chi connectivity index (χ1v) is 7.50. The zero-order valence-electron chi connectivity index (χ0n) is 11.7. The third-order valence-corrected chi connectivity index (χ3v) is 4.84. The molecule has 0 saturated carbocycles. The third kappa shape index (κ3) is 1.73. The first-order valence-electron chi connectivity index (χ1n) is 7.50. The van der Waals surface area contributed by atoms with Gasteiger partial charge in [-0.2, -0.15) is 0 Å². The Bertz CT molecular complexity index is 789. The summed E-state index contributed by atoms with van der Waals surface area (Å²) >= 11 is 0. The van der Waals surface area contributed by atoms with Gasteiger partial charge in [0.25, 0.3) is 0 Å². The van der Waals surface area contributed by atoms with Crippen LogP contribution in [0.15, 0.2) is 24.3 Å². The predicted octanol–water partition coefficient (Wildman–Crippen LogP) is 3.47. The molecule has 0 bridgehead atoms. The number of carboxylic acid groups (broad SMARTS) is 1. The Hall–Kier alpha value is -2.16. The van der Waals surface area contributed by atoms with E-state index in [4.69, 9.17) is 0 Å². The summed E-state index contributed by atoms with van der Waals surface area (Å²) in [6.07, 6.45) is 4.21. The van der Waals surface area contributed by atoms with Gasteiger partial charge < -0.3 is 5.11 Å². The molecule has 0 radical (unpaired) electrons. The minimum Gasteiger partial charge on any atom is -0.481 e. The molecule has 2 aromatic rings. The normalized spacial score (nSPS) is 19.8. The number of aryl methyl sites for hydroxylation is 1. The predicted molar refractivity (Wildman–Crippen MR) is 79.9 cm³/mol. The van der Waals surface area contributed by atoms with E-state index in [1.807, 2.05) is 18.2 Å². The second-order valence-corrected chi connectivity index (χ2v) is 6.05. The fourth-order valence-electron chi connectivity index (χ4n) is 4.00. The Balaban J connectivity index is 2.05. The van der Waals surface area contributed by atoms with Crippen molar-refractivity contribution in [3.05, 3.63) is 46.5 Å². The largest absolute Gasteiger partial charge is 0.481 e.